The molecule has 5 heteroatoms. The van der Waals surface area contributed by atoms with Crippen molar-refractivity contribution in [2.75, 3.05) is 20.0 Å². The van der Waals surface area contributed by atoms with E-state index in [1.54, 1.807) is 12.1 Å². The van der Waals surface area contributed by atoms with Gasteiger partial charge in [0.2, 0.25) is 5.78 Å². The number of hydrogen-bond acceptors (Lipinski definition) is 5. The zero-order chi connectivity index (χ0) is 15.4. The van der Waals surface area contributed by atoms with E-state index in [4.69, 9.17) is 9.47 Å². The minimum absolute atomic E-state index is 0.165. The third-order valence-electron chi connectivity index (χ3n) is 3.28. The van der Waals surface area contributed by atoms with Crippen LogP contribution in [0.4, 0.5) is 0 Å². The average Bonchev–Trinajstić information content (AvgIpc) is 2.50. The first kappa shape index (κ1) is 15.6. The van der Waals surface area contributed by atoms with Gasteiger partial charge in [-0.25, -0.2) is 0 Å². The van der Waals surface area contributed by atoms with Gasteiger partial charge in [0.25, 0.3) is 0 Å². The Morgan fingerprint density at radius 3 is 2.24 bits per heavy atom. The van der Waals surface area contributed by atoms with E-state index in [0.29, 0.717) is 27.5 Å². The predicted molar refractivity (Wildman–Crippen MR) is 83.7 cm³/mol. The molecule has 0 unspecified atom stereocenters. The lowest BCUT2D eigenvalue weighted by Crippen LogP contribution is -2.18. The largest absolute Gasteiger partial charge is 0.496 e. The Bertz CT molecular complexity index is 605. The average molecular weight is 306 g/mol. The van der Waals surface area contributed by atoms with Crippen molar-refractivity contribution in [1.29, 1.82) is 0 Å². The van der Waals surface area contributed by atoms with Gasteiger partial charge in [0.1, 0.15) is 11.5 Å². The van der Waals surface area contributed by atoms with Crippen LogP contribution in [0, 0.1) is 0 Å². The molecule has 0 N–H and O–H groups in total. The topological polar surface area (TPSA) is 52.6 Å². The molecule has 0 radical (unpaired) electrons. The third-order valence-corrected chi connectivity index (χ3v) is 4.39. The molecule has 0 spiro atoms. The van der Waals surface area contributed by atoms with Crippen LogP contribution in [0.25, 0.3) is 0 Å². The smallest absolute Gasteiger partial charge is 0.204 e. The van der Waals surface area contributed by atoms with E-state index >= 15 is 0 Å². The van der Waals surface area contributed by atoms with E-state index in [2.05, 4.69) is 6.92 Å². The highest BCUT2D eigenvalue weighted by molar-refractivity contribution is 8.04. The van der Waals surface area contributed by atoms with Gasteiger partial charge in [-0.15, -0.1) is 11.8 Å². The van der Waals surface area contributed by atoms with Crippen LogP contribution < -0.4 is 9.47 Å². The van der Waals surface area contributed by atoms with E-state index in [0.717, 1.165) is 18.6 Å². The molecule has 0 aliphatic heterocycles. The standard InChI is InChI=1S/C16H18O4S/c1-4-5-8-21-13-9-10(17)14-11(19-2)6-7-12(20-3)15(14)16(13)18/h6-7,9H,4-5,8H2,1-3H3. The van der Waals surface area contributed by atoms with Crippen molar-refractivity contribution in [1.82, 2.24) is 0 Å². The molecule has 0 bridgehead atoms. The molecule has 112 valence electrons. The predicted octanol–water partition coefficient (Wildman–Crippen LogP) is 3.50. The van der Waals surface area contributed by atoms with Crippen molar-refractivity contribution in [2.45, 2.75) is 19.8 Å². The maximum atomic E-state index is 12.6. The summed E-state index contributed by atoms with van der Waals surface area (Å²) in [4.78, 5) is 25.5. The Labute approximate surface area is 128 Å². The number of fused-ring (bicyclic) bond motifs is 1. The fraction of sp³-hybridized carbons (Fsp3) is 0.375. The van der Waals surface area contributed by atoms with Gasteiger partial charge >= 0.3 is 0 Å². The number of hydrogen-bond donors (Lipinski definition) is 0. The number of Topliss-reactive ketones (excluding diaryl/α,β-unsaturated/α-hetero) is 1. The molecule has 2 rings (SSSR count). The second kappa shape index (κ2) is 6.80. The van der Waals surface area contributed by atoms with Gasteiger partial charge in [-0.3, -0.25) is 9.59 Å². The third kappa shape index (κ3) is 2.97. The van der Waals surface area contributed by atoms with E-state index in [1.165, 1.54) is 32.1 Å². The molecule has 1 aliphatic carbocycles. The summed E-state index contributed by atoms with van der Waals surface area (Å²) in [6.07, 6.45) is 3.47. The molecule has 1 aromatic carbocycles. The van der Waals surface area contributed by atoms with Crippen molar-refractivity contribution in [2.24, 2.45) is 0 Å². The zero-order valence-corrected chi connectivity index (χ0v) is 13.2. The lowest BCUT2D eigenvalue weighted by Gasteiger charge is -2.19. The first-order valence-electron chi connectivity index (χ1n) is 6.82. The van der Waals surface area contributed by atoms with Gasteiger partial charge in [-0.1, -0.05) is 13.3 Å². The molecule has 0 fully saturated rings. The summed E-state index contributed by atoms with van der Waals surface area (Å²) in [6, 6.07) is 3.30. The summed E-state index contributed by atoms with van der Waals surface area (Å²) in [7, 11) is 2.97. The van der Waals surface area contributed by atoms with Crippen LogP contribution in [0.1, 0.15) is 40.5 Å². The van der Waals surface area contributed by atoms with Crippen LogP contribution in [-0.2, 0) is 0 Å². The Morgan fingerprint density at radius 2 is 1.67 bits per heavy atom. The number of ketones is 2. The van der Waals surface area contributed by atoms with Crippen LogP contribution >= 0.6 is 11.8 Å². The number of methoxy groups -OCH3 is 2. The Morgan fingerprint density at radius 1 is 1.05 bits per heavy atom. The van der Waals surface area contributed by atoms with Gasteiger partial charge in [-0.2, -0.15) is 0 Å². The van der Waals surface area contributed by atoms with Gasteiger partial charge < -0.3 is 9.47 Å². The fourth-order valence-electron chi connectivity index (χ4n) is 2.19. The molecular weight excluding hydrogens is 288 g/mol. The number of carbonyl (C=O) groups is 2. The van der Waals surface area contributed by atoms with Crippen molar-refractivity contribution in [3.05, 3.63) is 34.2 Å². The Kier molecular flexibility index (Phi) is 5.07. The van der Waals surface area contributed by atoms with Crippen LogP contribution in [0.5, 0.6) is 11.5 Å². The summed E-state index contributed by atoms with van der Waals surface area (Å²) < 4.78 is 10.4. The van der Waals surface area contributed by atoms with Gasteiger partial charge in [0, 0.05) is 6.08 Å². The number of unbranched alkanes of at least 4 members (excludes halogenated alkanes) is 1. The Hall–Kier alpha value is -1.75. The number of allylic oxidation sites excluding steroid dienone is 2. The van der Waals surface area contributed by atoms with Crippen LogP contribution in [0.2, 0.25) is 0 Å². The van der Waals surface area contributed by atoms with Crippen LogP contribution in [0.3, 0.4) is 0 Å². The summed E-state index contributed by atoms with van der Waals surface area (Å²) >= 11 is 1.42. The monoisotopic (exact) mass is 306 g/mol. The quantitative estimate of drug-likeness (QED) is 0.753. The van der Waals surface area contributed by atoms with Crippen molar-refractivity contribution < 1.29 is 19.1 Å². The summed E-state index contributed by atoms with van der Waals surface area (Å²) in [5, 5.41) is 0. The number of carbonyl (C=O) groups excluding carboxylic acids is 2. The highest BCUT2D eigenvalue weighted by Gasteiger charge is 2.31. The molecule has 0 saturated carbocycles. The molecule has 0 atom stereocenters. The number of benzene rings is 1. The first-order valence-corrected chi connectivity index (χ1v) is 7.81. The van der Waals surface area contributed by atoms with E-state index in [9.17, 15) is 9.59 Å². The minimum atomic E-state index is -0.209. The lowest BCUT2D eigenvalue weighted by molar-refractivity contribution is 0.0986. The van der Waals surface area contributed by atoms with Gasteiger partial charge in [0.15, 0.2) is 5.78 Å². The maximum Gasteiger partial charge on any atom is 0.204 e. The number of rotatable bonds is 6. The molecule has 0 aromatic heterocycles. The summed E-state index contributed by atoms with van der Waals surface area (Å²) in [5.74, 6) is 1.26. The molecule has 0 amide bonds. The SMILES string of the molecule is CCCCSC1=CC(=O)c2c(OC)ccc(OC)c2C1=O. The fourth-order valence-corrected chi connectivity index (χ4v) is 3.26. The highest BCUT2D eigenvalue weighted by Crippen LogP contribution is 2.38. The second-order valence-corrected chi connectivity index (χ2v) is 5.76. The number of ether oxygens (including phenoxy) is 2. The molecule has 4 nitrogen and oxygen atoms in total. The van der Waals surface area contributed by atoms with Gasteiger partial charge in [0.05, 0.1) is 30.3 Å². The van der Waals surface area contributed by atoms with Gasteiger partial charge in [-0.05, 0) is 24.3 Å². The summed E-state index contributed by atoms with van der Waals surface area (Å²) in [5.41, 5.74) is 0.602. The van der Waals surface area contributed by atoms with E-state index < -0.39 is 0 Å². The lowest BCUT2D eigenvalue weighted by atomic mass is 9.93. The van der Waals surface area contributed by atoms with Crippen LogP contribution in [0.15, 0.2) is 23.1 Å². The van der Waals surface area contributed by atoms with Crippen molar-refractivity contribution in [3.63, 3.8) is 0 Å². The second-order valence-electron chi connectivity index (χ2n) is 4.62. The molecule has 1 aromatic rings. The van der Waals surface area contributed by atoms with Crippen LogP contribution in [-0.4, -0.2) is 31.5 Å². The zero-order valence-electron chi connectivity index (χ0n) is 12.4. The number of thioether (sulfide) groups is 1. The minimum Gasteiger partial charge on any atom is -0.496 e. The molecular formula is C16H18O4S. The maximum absolute atomic E-state index is 12.6. The molecule has 1 aliphatic rings. The highest BCUT2D eigenvalue weighted by atomic mass is 32.2. The normalized spacial score (nSPS) is 13.8. The molecule has 0 heterocycles. The van der Waals surface area contributed by atoms with E-state index in [-0.39, 0.29) is 11.6 Å². The summed E-state index contributed by atoms with van der Waals surface area (Å²) in [6.45, 7) is 2.09. The molecule has 0 saturated heterocycles. The van der Waals surface area contributed by atoms with Crippen molar-refractivity contribution >= 4 is 23.3 Å². The Balaban J connectivity index is 2.45. The van der Waals surface area contributed by atoms with E-state index in [1.807, 2.05) is 0 Å². The molecule has 21 heavy (non-hydrogen) atoms. The first-order chi connectivity index (χ1) is 10.1. The van der Waals surface area contributed by atoms with Crippen molar-refractivity contribution in [3.8, 4) is 11.5 Å².